The molecule has 17 heavy (non-hydrogen) atoms. The lowest BCUT2D eigenvalue weighted by Gasteiger charge is -2.13. The molecule has 0 saturated carbocycles. The standard InChI is InChI=1S/C11H18N6/c1-9-14-10(13-5-6-16(2)3)7-11(15-9)17(4)8-12/h7H,5-6H2,1-4H3,(H,13,14,15). The largest absolute Gasteiger partial charge is 0.369 e. The normalized spacial score (nSPS) is 10.1. The fraction of sp³-hybridized carbons (Fsp3) is 0.545. The second kappa shape index (κ2) is 6.01. The Labute approximate surface area is 102 Å². The number of hydrogen-bond acceptors (Lipinski definition) is 6. The number of aromatic nitrogens is 2. The van der Waals surface area contributed by atoms with Crippen LogP contribution in [0.3, 0.4) is 0 Å². The summed E-state index contributed by atoms with van der Waals surface area (Å²) in [5, 5.41) is 12.0. The summed E-state index contributed by atoms with van der Waals surface area (Å²) in [6, 6.07) is 1.77. The van der Waals surface area contributed by atoms with Crippen molar-refractivity contribution >= 4 is 11.6 Å². The van der Waals surface area contributed by atoms with Crippen LogP contribution in [0.15, 0.2) is 6.07 Å². The number of likely N-dealkylation sites (N-methyl/N-ethyl adjacent to an activating group) is 1. The lowest BCUT2D eigenvalue weighted by atomic mass is 10.4. The molecule has 0 bridgehead atoms. The summed E-state index contributed by atoms with van der Waals surface area (Å²) in [5.41, 5.74) is 0. The van der Waals surface area contributed by atoms with E-state index in [1.54, 1.807) is 13.1 Å². The van der Waals surface area contributed by atoms with E-state index in [-0.39, 0.29) is 0 Å². The highest BCUT2D eigenvalue weighted by molar-refractivity contribution is 5.51. The van der Waals surface area contributed by atoms with Crippen LogP contribution in [0.5, 0.6) is 0 Å². The molecule has 0 aliphatic rings. The van der Waals surface area contributed by atoms with Crippen molar-refractivity contribution in [3.8, 4) is 6.19 Å². The van der Waals surface area contributed by atoms with Gasteiger partial charge in [-0.05, 0) is 21.0 Å². The Morgan fingerprint density at radius 3 is 2.65 bits per heavy atom. The maximum Gasteiger partial charge on any atom is 0.185 e. The van der Waals surface area contributed by atoms with Crippen LogP contribution >= 0.6 is 0 Å². The summed E-state index contributed by atoms with van der Waals surface area (Å²) < 4.78 is 0. The van der Waals surface area contributed by atoms with Crippen molar-refractivity contribution in [3.05, 3.63) is 11.9 Å². The number of aryl methyl sites for hydroxylation is 1. The van der Waals surface area contributed by atoms with Gasteiger partial charge in [-0.25, -0.2) is 9.97 Å². The molecular weight excluding hydrogens is 216 g/mol. The summed E-state index contributed by atoms with van der Waals surface area (Å²) in [5.74, 6) is 2.00. The highest BCUT2D eigenvalue weighted by atomic mass is 15.2. The molecule has 0 unspecified atom stereocenters. The fourth-order valence-corrected chi connectivity index (χ4v) is 1.27. The van der Waals surface area contributed by atoms with Crippen molar-refractivity contribution in [1.29, 1.82) is 5.26 Å². The molecule has 1 aromatic heterocycles. The van der Waals surface area contributed by atoms with Crippen LogP contribution in [0.2, 0.25) is 0 Å². The molecule has 0 fully saturated rings. The van der Waals surface area contributed by atoms with Crippen molar-refractivity contribution in [2.24, 2.45) is 0 Å². The summed E-state index contributed by atoms with van der Waals surface area (Å²) in [4.78, 5) is 12.0. The van der Waals surface area contributed by atoms with E-state index in [0.29, 0.717) is 11.6 Å². The van der Waals surface area contributed by atoms with Crippen LogP contribution in [-0.2, 0) is 0 Å². The van der Waals surface area contributed by atoms with E-state index in [2.05, 4.69) is 20.2 Å². The smallest absolute Gasteiger partial charge is 0.185 e. The predicted octanol–water partition coefficient (Wildman–Crippen LogP) is 0.676. The Bertz CT molecular complexity index is 409. The molecule has 1 rings (SSSR count). The minimum absolute atomic E-state index is 0.604. The molecule has 0 aliphatic heterocycles. The van der Waals surface area contributed by atoms with E-state index >= 15 is 0 Å². The molecule has 1 N–H and O–H groups in total. The molecule has 0 amide bonds. The van der Waals surface area contributed by atoms with Crippen LogP contribution in [0.4, 0.5) is 11.6 Å². The second-order valence-electron chi connectivity index (χ2n) is 4.05. The van der Waals surface area contributed by atoms with Gasteiger partial charge in [0.25, 0.3) is 0 Å². The molecule has 6 nitrogen and oxygen atoms in total. The summed E-state index contributed by atoms with van der Waals surface area (Å²) >= 11 is 0. The predicted molar refractivity (Wildman–Crippen MR) is 67.8 cm³/mol. The molecule has 0 aromatic carbocycles. The minimum Gasteiger partial charge on any atom is -0.369 e. The van der Waals surface area contributed by atoms with Gasteiger partial charge in [0, 0.05) is 26.2 Å². The van der Waals surface area contributed by atoms with Gasteiger partial charge in [-0.2, -0.15) is 5.26 Å². The third-order valence-electron chi connectivity index (χ3n) is 2.18. The van der Waals surface area contributed by atoms with Gasteiger partial charge < -0.3 is 10.2 Å². The highest BCUT2D eigenvalue weighted by Crippen LogP contribution is 2.13. The maximum absolute atomic E-state index is 8.81. The fourth-order valence-electron chi connectivity index (χ4n) is 1.27. The van der Waals surface area contributed by atoms with Crippen LogP contribution in [0.25, 0.3) is 0 Å². The Balaban J connectivity index is 2.73. The lowest BCUT2D eigenvalue weighted by Crippen LogP contribution is -2.21. The first-order valence-corrected chi connectivity index (χ1v) is 5.40. The molecule has 92 valence electrons. The average Bonchev–Trinajstić information content (AvgIpc) is 2.26. The molecule has 0 saturated heterocycles. The van der Waals surface area contributed by atoms with Gasteiger partial charge >= 0.3 is 0 Å². The Kier molecular flexibility index (Phi) is 4.67. The molecular formula is C11H18N6. The zero-order chi connectivity index (χ0) is 12.8. The second-order valence-corrected chi connectivity index (χ2v) is 4.05. The molecule has 0 spiro atoms. The Hall–Kier alpha value is -1.87. The molecule has 0 atom stereocenters. The quantitative estimate of drug-likeness (QED) is 0.597. The van der Waals surface area contributed by atoms with Crippen LogP contribution in [-0.4, -0.2) is 49.1 Å². The average molecular weight is 234 g/mol. The van der Waals surface area contributed by atoms with Crippen molar-refractivity contribution in [1.82, 2.24) is 14.9 Å². The number of anilines is 2. The highest BCUT2D eigenvalue weighted by Gasteiger charge is 2.05. The molecule has 0 aliphatic carbocycles. The topological polar surface area (TPSA) is 68.1 Å². The summed E-state index contributed by atoms with van der Waals surface area (Å²) in [7, 11) is 5.70. The first-order chi connectivity index (χ1) is 8.02. The molecule has 1 aromatic rings. The number of nitriles is 1. The van der Waals surface area contributed by atoms with E-state index in [9.17, 15) is 0 Å². The maximum atomic E-state index is 8.81. The zero-order valence-corrected chi connectivity index (χ0v) is 10.7. The third-order valence-corrected chi connectivity index (χ3v) is 2.18. The number of hydrogen-bond donors (Lipinski definition) is 1. The Morgan fingerprint density at radius 1 is 1.35 bits per heavy atom. The summed E-state index contributed by atoms with van der Waals surface area (Å²) in [6.07, 6.45) is 2.02. The Morgan fingerprint density at radius 2 is 2.06 bits per heavy atom. The van der Waals surface area contributed by atoms with Gasteiger partial charge in [0.2, 0.25) is 0 Å². The molecule has 0 radical (unpaired) electrons. The van der Waals surface area contributed by atoms with Gasteiger partial charge in [-0.3, -0.25) is 4.90 Å². The first kappa shape index (κ1) is 13.2. The molecule has 6 heteroatoms. The SMILES string of the molecule is Cc1nc(NCCN(C)C)cc(N(C)C#N)n1. The van der Waals surface area contributed by atoms with Crippen LogP contribution < -0.4 is 10.2 Å². The first-order valence-electron chi connectivity index (χ1n) is 5.40. The van der Waals surface area contributed by atoms with Crippen molar-refractivity contribution in [2.75, 3.05) is 44.4 Å². The monoisotopic (exact) mass is 234 g/mol. The summed E-state index contributed by atoms with van der Waals surface area (Å²) in [6.45, 7) is 3.54. The van der Waals surface area contributed by atoms with Crippen LogP contribution in [0.1, 0.15) is 5.82 Å². The van der Waals surface area contributed by atoms with Gasteiger partial charge in [-0.1, -0.05) is 0 Å². The van der Waals surface area contributed by atoms with Gasteiger partial charge in [0.1, 0.15) is 17.5 Å². The van der Waals surface area contributed by atoms with Crippen molar-refractivity contribution in [2.45, 2.75) is 6.92 Å². The number of nitrogens with zero attached hydrogens (tertiary/aromatic N) is 5. The number of nitrogens with one attached hydrogen (secondary N) is 1. The van der Waals surface area contributed by atoms with Crippen LogP contribution in [0, 0.1) is 18.4 Å². The van der Waals surface area contributed by atoms with E-state index in [0.717, 1.165) is 18.9 Å². The zero-order valence-electron chi connectivity index (χ0n) is 10.7. The van der Waals surface area contributed by atoms with Crippen molar-refractivity contribution in [3.63, 3.8) is 0 Å². The van der Waals surface area contributed by atoms with E-state index in [1.807, 2.05) is 27.2 Å². The lowest BCUT2D eigenvalue weighted by molar-refractivity contribution is 0.425. The minimum atomic E-state index is 0.604. The van der Waals surface area contributed by atoms with Gasteiger partial charge in [0.15, 0.2) is 6.19 Å². The van der Waals surface area contributed by atoms with E-state index in [4.69, 9.17) is 5.26 Å². The number of rotatable bonds is 5. The van der Waals surface area contributed by atoms with Crippen molar-refractivity contribution < 1.29 is 0 Å². The van der Waals surface area contributed by atoms with Gasteiger partial charge in [-0.15, -0.1) is 0 Å². The third kappa shape index (κ3) is 4.25. The van der Waals surface area contributed by atoms with Gasteiger partial charge in [0.05, 0.1) is 0 Å². The molecule has 1 heterocycles. The van der Waals surface area contributed by atoms with E-state index < -0.39 is 0 Å². The van der Waals surface area contributed by atoms with E-state index in [1.165, 1.54) is 4.90 Å².